The average Bonchev–Trinajstić information content (AvgIpc) is 2.94. The highest BCUT2D eigenvalue weighted by Gasteiger charge is 2.22. The van der Waals surface area contributed by atoms with Crippen molar-refractivity contribution in [3.8, 4) is 0 Å². The summed E-state index contributed by atoms with van der Waals surface area (Å²) in [5.74, 6) is -0.177. The molecule has 1 fully saturated rings. The van der Waals surface area contributed by atoms with Crippen molar-refractivity contribution in [1.82, 2.24) is 10.2 Å². The van der Waals surface area contributed by atoms with Gasteiger partial charge in [0.2, 0.25) is 0 Å². The number of hydrogen-bond donors (Lipinski definition) is 1. The van der Waals surface area contributed by atoms with Crippen molar-refractivity contribution in [2.24, 2.45) is 5.92 Å². The van der Waals surface area contributed by atoms with Gasteiger partial charge in [0.15, 0.2) is 5.76 Å². The summed E-state index contributed by atoms with van der Waals surface area (Å²) in [6, 6.07) is 2.74. The molecule has 116 valence electrons. The zero-order valence-corrected chi connectivity index (χ0v) is 12.4. The fourth-order valence-corrected chi connectivity index (χ4v) is 2.63. The van der Waals surface area contributed by atoms with Crippen LogP contribution in [0.2, 0.25) is 0 Å². The molecule has 1 N–H and O–H groups in total. The number of nitrogens with zero attached hydrogens (tertiary/aromatic N) is 2. The number of rotatable bonds is 5. The van der Waals surface area contributed by atoms with Crippen LogP contribution < -0.4 is 5.32 Å². The van der Waals surface area contributed by atoms with Gasteiger partial charge in [-0.25, -0.2) is 0 Å². The van der Waals surface area contributed by atoms with Gasteiger partial charge >= 0.3 is 5.88 Å². The molecule has 0 aliphatic carbocycles. The van der Waals surface area contributed by atoms with Gasteiger partial charge in [0.05, 0.1) is 6.07 Å². The minimum absolute atomic E-state index is 0.0269. The van der Waals surface area contributed by atoms with Crippen LogP contribution in [-0.4, -0.2) is 41.4 Å². The Morgan fingerprint density at radius 3 is 3.00 bits per heavy atom. The molecule has 2 atom stereocenters. The maximum atomic E-state index is 11.9. The zero-order valence-electron chi connectivity index (χ0n) is 12.4. The summed E-state index contributed by atoms with van der Waals surface area (Å²) >= 11 is 0. The number of amides is 1. The summed E-state index contributed by atoms with van der Waals surface area (Å²) in [5, 5.41) is 13.3. The number of piperidine rings is 1. The summed E-state index contributed by atoms with van der Waals surface area (Å²) in [7, 11) is 0. The Labute approximate surface area is 123 Å². The molecule has 7 nitrogen and oxygen atoms in total. The van der Waals surface area contributed by atoms with Crippen LogP contribution in [0.1, 0.15) is 37.2 Å². The van der Waals surface area contributed by atoms with Crippen molar-refractivity contribution >= 4 is 11.8 Å². The van der Waals surface area contributed by atoms with Gasteiger partial charge in [-0.15, -0.1) is 0 Å². The quantitative estimate of drug-likeness (QED) is 0.663. The molecule has 0 aromatic carbocycles. The lowest BCUT2D eigenvalue weighted by Gasteiger charge is -2.35. The summed E-state index contributed by atoms with van der Waals surface area (Å²) < 4.78 is 4.88. The second-order valence-corrected chi connectivity index (χ2v) is 5.70. The Balaban J connectivity index is 1.83. The second-order valence-electron chi connectivity index (χ2n) is 5.70. The van der Waals surface area contributed by atoms with E-state index in [1.807, 2.05) is 0 Å². The van der Waals surface area contributed by atoms with Crippen molar-refractivity contribution in [1.29, 1.82) is 0 Å². The van der Waals surface area contributed by atoms with Crippen LogP contribution in [-0.2, 0) is 0 Å². The van der Waals surface area contributed by atoms with E-state index in [0.717, 1.165) is 13.1 Å². The predicted molar refractivity (Wildman–Crippen MR) is 77.1 cm³/mol. The van der Waals surface area contributed by atoms with E-state index in [1.165, 1.54) is 25.0 Å². The molecule has 0 unspecified atom stereocenters. The maximum absolute atomic E-state index is 11.9. The van der Waals surface area contributed by atoms with E-state index >= 15 is 0 Å². The monoisotopic (exact) mass is 295 g/mol. The number of nitro groups is 1. The third-order valence-electron chi connectivity index (χ3n) is 3.87. The SMILES string of the molecule is C[C@@H]1CCCN([C@@H](C)CNC(=O)c2ccc([N+](=O)[O-])o2)C1. The van der Waals surface area contributed by atoms with Crippen LogP contribution in [0.4, 0.5) is 5.88 Å². The molecule has 1 aromatic rings. The molecule has 7 heteroatoms. The summed E-state index contributed by atoms with van der Waals surface area (Å²) in [5.41, 5.74) is 0. The standard InChI is InChI=1S/C14H21N3O4/c1-10-4-3-7-16(9-10)11(2)8-15-14(18)12-5-6-13(21-12)17(19)20/h5-6,10-11H,3-4,7-9H2,1-2H3,(H,15,18)/t10-,11+/m1/s1. The van der Waals surface area contributed by atoms with Crippen LogP contribution in [0.3, 0.4) is 0 Å². The molecule has 1 amide bonds. The summed E-state index contributed by atoms with van der Waals surface area (Å²) in [6.07, 6.45) is 2.44. The van der Waals surface area contributed by atoms with E-state index in [9.17, 15) is 14.9 Å². The summed E-state index contributed by atoms with van der Waals surface area (Å²) in [4.78, 5) is 24.1. The first kappa shape index (κ1) is 15.5. The smallest absolute Gasteiger partial charge is 0.395 e. The van der Waals surface area contributed by atoms with Gasteiger partial charge in [0.1, 0.15) is 4.92 Å². The molecular formula is C14H21N3O4. The van der Waals surface area contributed by atoms with Crippen LogP contribution in [0.25, 0.3) is 0 Å². The Morgan fingerprint density at radius 1 is 1.62 bits per heavy atom. The van der Waals surface area contributed by atoms with E-state index in [0.29, 0.717) is 12.5 Å². The first-order chi connectivity index (χ1) is 9.97. The molecule has 1 aliphatic heterocycles. The Morgan fingerprint density at radius 2 is 2.38 bits per heavy atom. The topological polar surface area (TPSA) is 88.6 Å². The summed E-state index contributed by atoms with van der Waals surface area (Å²) in [6.45, 7) is 6.90. The van der Waals surface area contributed by atoms with Crippen LogP contribution in [0, 0.1) is 16.0 Å². The fraction of sp³-hybridized carbons (Fsp3) is 0.643. The molecule has 0 spiro atoms. The average molecular weight is 295 g/mol. The van der Waals surface area contributed by atoms with Gasteiger partial charge in [0, 0.05) is 19.1 Å². The van der Waals surface area contributed by atoms with Gasteiger partial charge < -0.3 is 9.73 Å². The third kappa shape index (κ3) is 4.04. The molecule has 1 aromatic heterocycles. The van der Waals surface area contributed by atoms with Gasteiger partial charge in [0.25, 0.3) is 5.91 Å². The molecule has 0 bridgehead atoms. The number of furan rings is 1. The van der Waals surface area contributed by atoms with E-state index < -0.39 is 16.7 Å². The predicted octanol–water partition coefficient (Wildman–Crippen LogP) is 2.04. The lowest BCUT2D eigenvalue weighted by molar-refractivity contribution is -0.402. The molecule has 1 saturated heterocycles. The normalized spacial score (nSPS) is 21.0. The van der Waals surface area contributed by atoms with Crippen molar-refractivity contribution in [2.75, 3.05) is 19.6 Å². The minimum atomic E-state index is -0.658. The molecule has 0 saturated carbocycles. The van der Waals surface area contributed by atoms with Crippen LogP contribution in [0.15, 0.2) is 16.5 Å². The first-order valence-corrected chi connectivity index (χ1v) is 7.24. The number of carbonyl (C=O) groups is 1. The maximum Gasteiger partial charge on any atom is 0.433 e. The Kier molecular flexibility index (Phi) is 4.95. The van der Waals surface area contributed by atoms with Crippen molar-refractivity contribution in [2.45, 2.75) is 32.7 Å². The van der Waals surface area contributed by atoms with Crippen molar-refractivity contribution < 1.29 is 14.1 Å². The molecule has 21 heavy (non-hydrogen) atoms. The van der Waals surface area contributed by atoms with E-state index in [4.69, 9.17) is 4.42 Å². The largest absolute Gasteiger partial charge is 0.433 e. The number of hydrogen-bond acceptors (Lipinski definition) is 5. The number of carbonyl (C=O) groups excluding carboxylic acids is 1. The molecule has 2 rings (SSSR count). The van der Waals surface area contributed by atoms with Gasteiger partial charge in [-0.05, 0) is 38.3 Å². The van der Waals surface area contributed by atoms with Gasteiger partial charge in [-0.2, -0.15) is 0 Å². The number of likely N-dealkylation sites (tertiary alicyclic amines) is 1. The van der Waals surface area contributed by atoms with E-state index in [1.54, 1.807) is 0 Å². The molecule has 2 heterocycles. The van der Waals surface area contributed by atoms with E-state index in [2.05, 4.69) is 24.1 Å². The van der Waals surface area contributed by atoms with Gasteiger partial charge in [-0.1, -0.05) is 6.92 Å². The molecular weight excluding hydrogens is 274 g/mol. The minimum Gasteiger partial charge on any atom is -0.395 e. The highest BCUT2D eigenvalue weighted by molar-refractivity contribution is 5.91. The fourth-order valence-electron chi connectivity index (χ4n) is 2.63. The molecule has 1 aliphatic rings. The zero-order chi connectivity index (χ0) is 15.4. The highest BCUT2D eigenvalue weighted by Crippen LogP contribution is 2.18. The third-order valence-corrected chi connectivity index (χ3v) is 3.87. The van der Waals surface area contributed by atoms with Crippen molar-refractivity contribution in [3.05, 3.63) is 28.0 Å². The lowest BCUT2D eigenvalue weighted by atomic mass is 9.99. The van der Waals surface area contributed by atoms with Crippen LogP contribution in [0.5, 0.6) is 0 Å². The van der Waals surface area contributed by atoms with Crippen molar-refractivity contribution in [3.63, 3.8) is 0 Å². The highest BCUT2D eigenvalue weighted by atomic mass is 16.6. The van der Waals surface area contributed by atoms with Gasteiger partial charge in [-0.3, -0.25) is 19.8 Å². The molecule has 0 radical (unpaired) electrons. The van der Waals surface area contributed by atoms with Crippen LogP contribution >= 0.6 is 0 Å². The first-order valence-electron chi connectivity index (χ1n) is 7.24. The Bertz CT molecular complexity index is 514. The Hall–Kier alpha value is -1.89. The second kappa shape index (κ2) is 6.71. The number of nitrogens with one attached hydrogen (secondary N) is 1. The lowest BCUT2D eigenvalue weighted by Crippen LogP contribution is -2.46. The van der Waals surface area contributed by atoms with E-state index in [-0.39, 0.29) is 11.8 Å².